The van der Waals surface area contributed by atoms with E-state index in [0.717, 1.165) is 37.7 Å². The van der Waals surface area contributed by atoms with Crippen molar-refractivity contribution in [3.05, 3.63) is 58.9 Å². The standard InChI is InChI=1S/C24H34N4/c1-18-9-11-28(12-10-18)24-6-4-5-20-15-26-22(13-23(20)24)17-27(3)16-21-8-7-19(2)14-25-21/h4-8,14,18,22,26H,9-13,15-17H2,1-3H3. The zero-order chi connectivity index (χ0) is 19.5. The van der Waals surface area contributed by atoms with Crippen LogP contribution in [0.15, 0.2) is 36.5 Å². The Morgan fingerprint density at radius 3 is 2.75 bits per heavy atom. The molecule has 1 N–H and O–H groups in total. The SMILES string of the molecule is Cc1ccc(CN(C)CC2Cc3c(cccc3N3CCC(C)CC3)CN2)nc1. The molecule has 1 atom stereocenters. The fraction of sp³-hybridized carbons (Fsp3) is 0.542. The van der Waals surface area contributed by atoms with Crippen molar-refractivity contribution in [3.8, 4) is 0 Å². The summed E-state index contributed by atoms with van der Waals surface area (Å²) in [7, 11) is 2.21. The van der Waals surface area contributed by atoms with Gasteiger partial charge in [0.05, 0.1) is 5.69 Å². The quantitative estimate of drug-likeness (QED) is 0.858. The Kier molecular flexibility index (Phi) is 5.98. The summed E-state index contributed by atoms with van der Waals surface area (Å²) in [6, 6.07) is 11.7. The van der Waals surface area contributed by atoms with E-state index in [1.807, 2.05) is 6.20 Å². The van der Waals surface area contributed by atoms with Crippen LogP contribution < -0.4 is 10.2 Å². The number of benzene rings is 1. The third-order valence-corrected chi connectivity index (χ3v) is 6.34. The summed E-state index contributed by atoms with van der Waals surface area (Å²) in [5.74, 6) is 0.870. The van der Waals surface area contributed by atoms with Gasteiger partial charge in [0.15, 0.2) is 0 Å². The van der Waals surface area contributed by atoms with Crippen LogP contribution in [-0.4, -0.2) is 42.6 Å². The largest absolute Gasteiger partial charge is 0.371 e. The topological polar surface area (TPSA) is 31.4 Å². The second-order valence-electron chi connectivity index (χ2n) is 8.89. The highest BCUT2D eigenvalue weighted by atomic mass is 15.1. The lowest BCUT2D eigenvalue weighted by Crippen LogP contribution is -2.44. The lowest BCUT2D eigenvalue weighted by molar-refractivity contribution is 0.271. The maximum atomic E-state index is 4.56. The molecule has 0 spiro atoms. The summed E-state index contributed by atoms with van der Waals surface area (Å²) in [6.07, 6.45) is 5.71. The zero-order valence-electron chi connectivity index (χ0n) is 17.6. The molecular weight excluding hydrogens is 344 g/mol. The number of likely N-dealkylation sites (N-methyl/N-ethyl adjacent to an activating group) is 1. The van der Waals surface area contributed by atoms with E-state index in [-0.39, 0.29) is 0 Å². The van der Waals surface area contributed by atoms with Crippen molar-refractivity contribution in [2.75, 3.05) is 31.6 Å². The number of nitrogens with zero attached hydrogens (tertiary/aromatic N) is 3. The van der Waals surface area contributed by atoms with Crippen LogP contribution in [0.3, 0.4) is 0 Å². The van der Waals surface area contributed by atoms with Crippen LogP contribution in [0.2, 0.25) is 0 Å². The lowest BCUT2D eigenvalue weighted by Gasteiger charge is -2.37. The average molecular weight is 379 g/mol. The maximum absolute atomic E-state index is 4.56. The van der Waals surface area contributed by atoms with Gasteiger partial charge in [-0.15, -0.1) is 0 Å². The van der Waals surface area contributed by atoms with Crippen molar-refractivity contribution in [2.24, 2.45) is 5.92 Å². The van der Waals surface area contributed by atoms with Crippen molar-refractivity contribution >= 4 is 5.69 Å². The first-order valence-corrected chi connectivity index (χ1v) is 10.8. The molecule has 1 fully saturated rings. The first kappa shape index (κ1) is 19.4. The molecule has 1 aromatic heterocycles. The Labute approximate surface area is 170 Å². The smallest absolute Gasteiger partial charge is 0.0544 e. The summed E-state index contributed by atoms with van der Waals surface area (Å²) >= 11 is 0. The number of anilines is 1. The van der Waals surface area contributed by atoms with Crippen LogP contribution in [0.25, 0.3) is 0 Å². The minimum atomic E-state index is 0.493. The van der Waals surface area contributed by atoms with E-state index >= 15 is 0 Å². The lowest BCUT2D eigenvalue weighted by atomic mass is 9.91. The first-order valence-electron chi connectivity index (χ1n) is 10.8. The van der Waals surface area contributed by atoms with Gasteiger partial charge in [0.2, 0.25) is 0 Å². The van der Waals surface area contributed by atoms with E-state index < -0.39 is 0 Å². The number of aryl methyl sites for hydroxylation is 1. The van der Waals surface area contributed by atoms with E-state index in [1.165, 1.54) is 42.7 Å². The Hall–Kier alpha value is -1.91. The third-order valence-electron chi connectivity index (χ3n) is 6.34. The van der Waals surface area contributed by atoms with Crippen LogP contribution >= 0.6 is 0 Å². The molecule has 28 heavy (non-hydrogen) atoms. The number of fused-ring (bicyclic) bond motifs is 1. The predicted octanol–water partition coefficient (Wildman–Crippen LogP) is 3.77. The van der Waals surface area contributed by atoms with Gasteiger partial charge in [0, 0.05) is 50.6 Å². The molecule has 4 nitrogen and oxygen atoms in total. The molecule has 0 amide bonds. The van der Waals surface area contributed by atoms with Crippen molar-refractivity contribution in [1.29, 1.82) is 0 Å². The number of hydrogen-bond donors (Lipinski definition) is 1. The summed E-state index contributed by atoms with van der Waals surface area (Å²) < 4.78 is 0. The summed E-state index contributed by atoms with van der Waals surface area (Å²) in [6.45, 7) is 9.80. The van der Waals surface area contributed by atoms with Crippen LogP contribution in [0.5, 0.6) is 0 Å². The van der Waals surface area contributed by atoms with E-state index in [9.17, 15) is 0 Å². The molecule has 1 saturated heterocycles. The molecule has 4 rings (SSSR count). The van der Waals surface area contributed by atoms with Crippen LogP contribution in [-0.2, 0) is 19.5 Å². The normalized spacial score (nSPS) is 20.4. The molecule has 2 aliphatic heterocycles. The molecule has 1 unspecified atom stereocenters. The average Bonchev–Trinajstić information content (AvgIpc) is 2.70. The Balaban J connectivity index is 1.41. The highest BCUT2D eigenvalue weighted by Gasteiger charge is 2.25. The molecular formula is C24H34N4. The zero-order valence-corrected chi connectivity index (χ0v) is 17.6. The Bertz CT molecular complexity index is 778. The van der Waals surface area contributed by atoms with E-state index in [1.54, 1.807) is 5.56 Å². The molecule has 2 aliphatic rings. The monoisotopic (exact) mass is 378 g/mol. The molecule has 1 aromatic carbocycles. The van der Waals surface area contributed by atoms with E-state index in [0.29, 0.717) is 6.04 Å². The van der Waals surface area contributed by atoms with Crippen LogP contribution in [0.1, 0.15) is 42.1 Å². The van der Waals surface area contributed by atoms with Gasteiger partial charge >= 0.3 is 0 Å². The molecule has 3 heterocycles. The predicted molar refractivity (Wildman–Crippen MR) is 117 cm³/mol. The van der Waals surface area contributed by atoms with Gasteiger partial charge in [-0.3, -0.25) is 9.88 Å². The van der Waals surface area contributed by atoms with E-state index in [2.05, 4.69) is 71.3 Å². The fourth-order valence-corrected chi connectivity index (χ4v) is 4.58. The van der Waals surface area contributed by atoms with Crippen molar-refractivity contribution < 1.29 is 0 Å². The second-order valence-corrected chi connectivity index (χ2v) is 8.89. The minimum absolute atomic E-state index is 0.493. The van der Waals surface area contributed by atoms with Gasteiger partial charge < -0.3 is 10.2 Å². The summed E-state index contributed by atoms with van der Waals surface area (Å²) in [4.78, 5) is 9.58. The molecule has 150 valence electrons. The highest BCUT2D eigenvalue weighted by Crippen LogP contribution is 2.31. The molecule has 0 bridgehead atoms. The minimum Gasteiger partial charge on any atom is -0.371 e. The van der Waals surface area contributed by atoms with Crippen LogP contribution in [0, 0.1) is 12.8 Å². The number of pyridine rings is 1. The number of nitrogens with one attached hydrogen (secondary N) is 1. The number of hydrogen-bond acceptors (Lipinski definition) is 4. The fourth-order valence-electron chi connectivity index (χ4n) is 4.58. The van der Waals surface area contributed by atoms with Gasteiger partial charge in [-0.2, -0.15) is 0 Å². The van der Waals surface area contributed by atoms with Crippen molar-refractivity contribution in [3.63, 3.8) is 0 Å². The van der Waals surface area contributed by atoms with E-state index in [4.69, 9.17) is 0 Å². The second kappa shape index (κ2) is 8.62. The highest BCUT2D eigenvalue weighted by molar-refractivity contribution is 5.58. The number of aromatic nitrogens is 1. The van der Waals surface area contributed by atoms with Crippen molar-refractivity contribution in [2.45, 2.75) is 52.2 Å². The van der Waals surface area contributed by atoms with Gasteiger partial charge in [-0.25, -0.2) is 0 Å². The molecule has 4 heteroatoms. The maximum Gasteiger partial charge on any atom is 0.0544 e. The van der Waals surface area contributed by atoms with Gasteiger partial charge in [-0.1, -0.05) is 25.1 Å². The Morgan fingerprint density at radius 2 is 2.00 bits per heavy atom. The summed E-state index contributed by atoms with van der Waals surface area (Å²) in [5, 5.41) is 3.76. The van der Waals surface area contributed by atoms with Gasteiger partial charge in [0.1, 0.15) is 0 Å². The third kappa shape index (κ3) is 4.56. The summed E-state index contributed by atoms with van der Waals surface area (Å²) in [5.41, 5.74) is 6.90. The molecule has 0 aliphatic carbocycles. The number of piperidine rings is 1. The molecule has 2 aromatic rings. The van der Waals surface area contributed by atoms with Gasteiger partial charge in [-0.05, 0) is 68.0 Å². The van der Waals surface area contributed by atoms with Crippen LogP contribution in [0.4, 0.5) is 5.69 Å². The first-order chi connectivity index (χ1) is 13.6. The van der Waals surface area contributed by atoms with Crippen molar-refractivity contribution in [1.82, 2.24) is 15.2 Å². The Morgan fingerprint density at radius 1 is 1.18 bits per heavy atom. The van der Waals surface area contributed by atoms with Gasteiger partial charge in [0.25, 0.3) is 0 Å². The number of rotatable bonds is 5. The molecule has 0 saturated carbocycles. The molecule has 0 radical (unpaired) electrons.